The molecule has 5 nitrogen and oxygen atoms in total. The van der Waals surface area contributed by atoms with E-state index in [-0.39, 0.29) is 0 Å². The molecule has 0 atom stereocenters. The molecular formula is C10H7NO4. The summed E-state index contributed by atoms with van der Waals surface area (Å²) < 4.78 is 4.89. The third kappa shape index (κ3) is 1.96. The van der Waals surface area contributed by atoms with E-state index in [1.54, 1.807) is 18.2 Å². The number of carbonyl (C=O) groups is 1. The summed E-state index contributed by atoms with van der Waals surface area (Å²) in [7, 11) is 0. The molecule has 0 spiro atoms. The molecule has 0 bridgehead atoms. The molecule has 1 aromatic carbocycles. The summed E-state index contributed by atoms with van der Waals surface area (Å²) in [4.78, 5) is 21.2. The first-order chi connectivity index (χ1) is 7.15. The smallest absolute Gasteiger partial charge is 0.409 e. The van der Waals surface area contributed by atoms with Crippen molar-refractivity contribution in [3.63, 3.8) is 0 Å². The standard InChI is InChI=1S/C10H7NO4/c12-9-4-1-6-5-7(11-10(13)14)2-3-8(6)15-9/h1-5,11H,(H,13,14). The number of rotatable bonds is 1. The van der Waals surface area contributed by atoms with Gasteiger partial charge in [-0.15, -0.1) is 0 Å². The van der Waals surface area contributed by atoms with Crippen LogP contribution >= 0.6 is 0 Å². The zero-order chi connectivity index (χ0) is 10.8. The topological polar surface area (TPSA) is 79.5 Å². The minimum atomic E-state index is -1.13. The molecule has 2 aromatic rings. The highest BCUT2D eigenvalue weighted by Gasteiger charge is 2.01. The van der Waals surface area contributed by atoms with E-state index in [4.69, 9.17) is 9.52 Å². The maximum absolute atomic E-state index is 10.9. The van der Waals surface area contributed by atoms with Gasteiger partial charge in [-0.25, -0.2) is 9.59 Å². The average Bonchev–Trinajstić information content (AvgIpc) is 2.17. The van der Waals surface area contributed by atoms with E-state index in [1.165, 1.54) is 12.1 Å². The summed E-state index contributed by atoms with van der Waals surface area (Å²) in [6, 6.07) is 7.52. The van der Waals surface area contributed by atoms with Crippen molar-refractivity contribution in [2.75, 3.05) is 5.32 Å². The average molecular weight is 205 g/mol. The van der Waals surface area contributed by atoms with E-state index in [9.17, 15) is 9.59 Å². The van der Waals surface area contributed by atoms with Gasteiger partial charge in [0.2, 0.25) is 0 Å². The first kappa shape index (κ1) is 9.26. The van der Waals surface area contributed by atoms with Crippen molar-refractivity contribution >= 4 is 22.7 Å². The first-order valence-corrected chi connectivity index (χ1v) is 4.19. The van der Waals surface area contributed by atoms with E-state index >= 15 is 0 Å². The number of nitrogens with one attached hydrogen (secondary N) is 1. The lowest BCUT2D eigenvalue weighted by Crippen LogP contribution is -2.06. The van der Waals surface area contributed by atoms with Gasteiger partial charge in [-0.05, 0) is 24.3 Å². The molecule has 0 fully saturated rings. The van der Waals surface area contributed by atoms with Crippen LogP contribution < -0.4 is 10.9 Å². The van der Waals surface area contributed by atoms with Crippen LogP contribution in [0.5, 0.6) is 0 Å². The molecule has 0 saturated carbocycles. The van der Waals surface area contributed by atoms with Crippen molar-refractivity contribution in [3.05, 3.63) is 40.8 Å². The number of hydrogen-bond donors (Lipinski definition) is 2. The van der Waals surface area contributed by atoms with Crippen molar-refractivity contribution in [2.45, 2.75) is 0 Å². The molecule has 5 heteroatoms. The fraction of sp³-hybridized carbons (Fsp3) is 0. The van der Waals surface area contributed by atoms with Crippen LogP contribution in [0.15, 0.2) is 39.5 Å². The van der Waals surface area contributed by atoms with Gasteiger partial charge in [0.25, 0.3) is 0 Å². The predicted octanol–water partition coefficient (Wildman–Crippen LogP) is 1.88. The van der Waals surface area contributed by atoms with E-state index < -0.39 is 11.7 Å². The molecule has 76 valence electrons. The Morgan fingerprint density at radius 2 is 2.07 bits per heavy atom. The summed E-state index contributed by atoms with van der Waals surface area (Å²) in [5, 5.41) is 11.4. The SMILES string of the molecule is O=C(O)Nc1ccc2oc(=O)ccc2c1. The van der Waals surface area contributed by atoms with Crippen LogP contribution in [0.1, 0.15) is 0 Å². The van der Waals surface area contributed by atoms with Gasteiger partial charge < -0.3 is 9.52 Å². The summed E-state index contributed by atoms with van der Waals surface area (Å²) in [6.45, 7) is 0. The van der Waals surface area contributed by atoms with Crippen LogP contribution in [0.25, 0.3) is 11.0 Å². The lowest BCUT2D eigenvalue weighted by molar-refractivity contribution is 0.210. The van der Waals surface area contributed by atoms with Crippen molar-refractivity contribution < 1.29 is 14.3 Å². The van der Waals surface area contributed by atoms with Gasteiger partial charge in [0.05, 0.1) is 0 Å². The number of hydrogen-bond acceptors (Lipinski definition) is 3. The van der Waals surface area contributed by atoms with Gasteiger partial charge >= 0.3 is 11.7 Å². The number of fused-ring (bicyclic) bond motifs is 1. The van der Waals surface area contributed by atoms with Crippen molar-refractivity contribution in [1.29, 1.82) is 0 Å². The molecule has 1 amide bonds. The molecule has 2 rings (SSSR count). The Morgan fingerprint density at radius 3 is 2.80 bits per heavy atom. The highest BCUT2D eigenvalue weighted by Crippen LogP contribution is 2.17. The van der Waals surface area contributed by atoms with Crippen molar-refractivity contribution in [2.24, 2.45) is 0 Å². The van der Waals surface area contributed by atoms with Gasteiger partial charge in [-0.1, -0.05) is 0 Å². The Kier molecular flexibility index (Phi) is 2.13. The summed E-state index contributed by atoms with van der Waals surface area (Å²) >= 11 is 0. The summed E-state index contributed by atoms with van der Waals surface area (Å²) in [5.74, 6) is 0. The molecule has 15 heavy (non-hydrogen) atoms. The first-order valence-electron chi connectivity index (χ1n) is 4.19. The fourth-order valence-electron chi connectivity index (χ4n) is 1.27. The zero-order valence-corrected chi connectivity index (χ0v) is 7.56. The Morgan fingerprint density at radius 1 is 1.27 bits per heavy atom. The third-order valence-corrected chi connectivity index (χ3v) is 1.87. The predicted molar refractivity (Wildman–Crippen MR) is 54.1 cm³/mol. The maximum atomic E-state index is 10.9. The van der Waals surface area contributed by atoms with Crippen LogP contribution in [0.4, 0.5) is 10.5 Å². The second-order valence-electron chi connectivity index (χ2n) is 2.94. The Balaban J connectivity index is 2.52. The van der Waals surface area contributed by atoms with Gasteiger partial charge in [0.1, 0.15) is 5.58 Å². The van der Waals surface area contributed by atoms with E-state index in [1.807, 2.05) is 0 Å². The molecule has 0 unspecified atom stereocenters. The largest absolute Gasteiger partial charge is 0.465 e. The molecule has 0 aliphatic carbocycles. The molecule has 1 aromatic heterocycles. The third-order valence-electron chi connectivity index (χ3n) is 1.87. The van der Waals surface area contributed by atoms with Gasteiger partial charge in [0.15, 0.2) is 0 Å². The molecule has 1 heterocycles. The Labute approximate surface area is 83.9 Å². The maximum Gasteiger partial charge on any atom is 0.409 e. The summed E-state index contributed by atoms with van der Waals surface area (Å²) in [6.07, 6.45) is -1.13. The minimum absolute atomic E-state index is 0.429. The van der Waals surface area contributed by atoms with Crippen LogP contribution in [-0.4, -0.2) is 11.2 Å². The number of carboxylic acid groups (broad SMARTS) is 1. The normalized spacial score (nSPS) is 10.1. The minimum Gasteiger partial charge on any atom is -0.465 e. The van der Waals surface area contributed by atoms with Crippen molar-refractivity contribution in [1.82, 2.24) is 0 Å². The molecule has 2 N–H and O–H groups in total. The number of amides is 1. The number of anilines is 1. The summed E-state index contributed by atoms with van der Waals surface area (Å²) in [5.41, 5.74) is 0.434. The molecule has 0 aliphatic rings. The molecule has 0 radical (unpaired) electrons. The fourth-order valence-corrected chi connectivity index (χ4v) is 1.27. The molecule has 0 aliphatic heterocycles. The second-order valence-corrected chi connectivity index (χ2v) is 2.94. The van der Waals surface area contributed by atoms with E-state index in [2.05, 4.69) is 5.32 Å². The van der Waals surface area contributed by atoms with Gasteiger partial charge in [-0.2, -0.15) is 0 Å². The van der Waals surface area contributed by atoms with E-state index in [0.29, 0.717) is 16.7 Å². The number of benzene rings is 1. The molecular weight excluding hydrogens is 198 g/mol. The van der Waals surface area contributed by atoms with E-state index in [0.717, 1.165) is 0 Å². The van der Waals surface area contributed by atoms with Crippen LogP contribution in [0.3, 0.4) is 0 Å². The van der Waals surface area contributed by atoms with Crippen LogP contribution in [0, 0.1) is 0 Å². The van der Waals surface area contributed by atoms with Crippen molar-refractivity contribution in [3.8, 4) is 0 Å². The quantitative estimate of drug-likeness (QED) is 0.696. The lowest BCUT2D eigenvalue weighted by atomic mass is 10.2. The van der Waals surface area contributed by atoms with Crippen LogP contribution in [-0.2, 0) is 0 Å². The highest BCUT2D eigenvalue weighted by atomic mass is 16.4. The second kappa shape index (κ2) is 3.45. The van der Waals surface area contributed by atoms with Gasteiger partial charge in [-0.3, -0.25) is 5.32 Å². The van der Waals surface area contributed by atoms with Gasteiger partial charge in [0, 0.05) is 17.1 Å². The molecule has 0 saturated heterocycles. The lowest BCUT2D eigenvalue weighted by Gasteiger charge is -2.01. The monoisotopic (exact) mass is 205 g/mol. The highest BCUT2D eigenvalue weighted by molar-refractivity contribution is 5.88. The van der Waals surface area contributed by atoms with Crippen LogP contribution in [0.2, 0.25) is 0 Å². The zero-order valence-electron chi connectivity index (χ0n) is 7.56. The Hall–Kier alpha value is -2.30. The Bertz CT molecular complexity index is 573.